The molecule has 2 rings (SSSR count). The number of nitrogens with zero attached hydrogens (tertiary/aromatic N) is 1. The molecule has 0 atom stereocenters. The van der Waals surface area contributed by atoms with Gasteiger partial charge in [-0.05, 0) is 25.9 Å². The molecule has 17 heavy (non-hydrogen) atoms. The first-order chi connectivity index (χ1) is 8.29. The molecule has 94 valence electrons. The van der Waals surface area contributed by atoms with Crippen molar-refractivity contribution in [2.45, 2.75) is 25.2 Å². The summed E-state index contributed by atoms with van der Waals surface area (Å²) in [6.07, 6.45) is 2.77. The normalized spacial score (nSPS) is 17.2. The van der Waals surface area contributed by atoms with Crippen LogP contribution in [0.15, 0.2) is 10.9 Å². The van der Waals surface area contributed by atoms with Gasteiger partial charge in [0, 0.05) is 25.5 Å². The van der Waals surface area contributed by atoms with Gasteiger partial charge in [-0.3, -0.25) is 4.79 Å². The highest BCUT2D eigenvalue weighted by atomic mass is 16.5. The summed E-state index contributed by atoms with van der Waals surface area (Å²) >= 11 is 0. The Morgan fingerprint density at radius 1 is 1.47 bits per heavy atom. The van der Waals surface area contributed by atoms with E-state index < -0.39 is 0 Å². The van der Waals surface area contributed by atoms with Gasteiger partial charge in [-0.1, -0.05) is 0 Å². The van der Waals surface area contributed by atoms with E-state index in [0.717, 1.165) is 37.4 Å². The largest absolute Gasteiger partial charge is 0.384 e. The average Bonchev–Trinajstić information content (AvgIpc) is 2.37. The highest BCUT2D eigenvalue weighted by molar-refractivity contribution is 5.10. The van der Waals surface area contributed by atoms with Crippen LogP contribution in [0, 0.1) is 0 Å². The maximum atomic E-state index is 11.6. The van der Waals surface area contributed by atoms with Gasteiger partial charge in [-0.2, -0.15) is 0 Å². The second-order valence-electron chi connectivity index (χ2n) is 4.38. The smallest absolute Gasteiger partial charge is 0.251 e. The molecule has 0 spiro atoms. The lowest BCUT2D eigenvalue weighted by Crippen LogP contribution is -2.28. The number of H-pyrrole nitrogens is 1. The van der Waals surface area contributed by atoms with Crippen molar-refractivity contribution >= 4 is 0 Å². The van der Waals surface area contributed by atoms with Gasteiger partial charge in [0.2, 0.25) is 0 Å². The Morgan fingerprint density at radius 3 is 2.94 bits per heavy atom. The number of aromatic nitrogens is 2. The minimum atomic E-state index is -0.0559. The van der Waals surface area contributed by atoms with Crippen LogP contribution in [0.5, 0.6) is 0 Å². The minimum absolute atomic E-state index is 0.0559. The van der Waals surface area contributed by atoms with E-state index >= 15 is 0 Å². The van der Waals surface area contributed by atoms with Crippen LogP contribution < -0.4 is 10.9 Å². The van der Waals surface area contributed by atoms with E-state index in [0.29, 0.717) is 18.9 Å². The first-order valence-corrected chi connectivity index (χ1v) is 6.09. The van der Waals surface area contributed by atoms with Crippen LogP contribution >= 0.6 is 0 Å². The molecule has 1 aromatic heterocycles. The number of hydrogen-bond acceptors (Lipinski definition) is 4. The number of nitrogens with one attached hydrogen (secondary N) is 2. The Labute approximate surface area is 101 Å². The van der Waals surface area contributed by atoms with Crippen LogP contribution in [0.4, 0.5) is 0 Å². The quantitative estimate of drug-likeness (QED) is 0.796. The zero-order valence-electron chi connectivity index (χ0n) is 10.2. The maximum Gasteiger partial charge on any atom is 0.251 e. The summed E-state index contributed by atoms with van der Waals surface area (Å²) in [4.78, 5) is 18.9. The molecule has 0 saturated carbocycles. The van der Waals surface area contributed by atoms with E-state index in [1.807, 2.05) is 0 Å². The standard InChI is InChI=1S/C12H19N3O2/c1-17-7-4-11-14-10(8-12(16)15-11)9-2-5-13-6-3-9/h8-9,13H,2-7H2,1H3,(H,14,15,16). The van der Waals surface area contributed by atoms with Crippen molar-refractivity contribution in [3.05, 3.63) is 27.9 Å². The summed E-state index contributed by atoms with van der Waals surface area (Å²) in [5, 5.41) is 3.31. The van der Waals surface area contributed by atoms with Crippen molar-refractivity contribution in [2.24, 2.45) is 0 Å². The van der Waals surface area contributed by atoms with Crippen molar-refractivity contribution in [1.82, 2.24) is 15.3 Å². The fraction of sp³-hybridized carbons (Fsp3) is 0.667. The highest BCUT2D eigenvalue weighted by Crippen LogP contribution is 2.22. The van der Waals surface area contributed by atoms with Gasteiger partial charge in [0.25, 0.3) is 5.56 Å². The highest BCUT2D eigenvalue weighted by Gasteiger charge is 2.17. The molecule has 5 nitrogen and oxygen atoms in total. The maximum absolute atomic E-state index is 11.6. The van der Waals surface area contributed by atoms with Crippen LogP contribution in [0.25, 0.3) is 0 Å². The van der Waals surface area contributed by atoms with E-state index in [1.165, 1.54) is 0 Å². The molecule has 1 aromatic rings. The van der Waals surface area contributed by atoms with Crippen LogP contribution in [0.1, 0.15) is 30.3 Å². The Bertz CT molecular complexity index is 410. The molecule has 0 aromatic carbocycles. The second-order valence-corrected chi connectivity index (χ2v) is 4.38. The monoisotopic (exact) mass is 237 g/mol. The third-order valence-corrected chi connectivity index (χ3v) is 3.11. The molecule has 5 heteroatoms. The third-order valence-electron chi connectivity index (χ3n) is 3.11. The van der Waals surface area contributed by atoms with Gasteiger partial charge in [-0.15, -0.1) is 0 Å². The van der Waals surface area contributed by atoms with Crippen molar-refractivity contribution in [3.63, 3.8) is 0 Å². The first kappa shape index (κ1) is 12.3. The molecule has 0 amide bonds. The van der Waals surface area contributed by atoms with Gasteiger partial charge in [0.05, 0.1) is 12.3 Å². The molecule has 0 aliphatic carbocycles. The van der Waals surface area contributed by atoms with Gasteiger partial charge >= 0.3 is 0 Å². The SMILES string of the molecule is COCCc1nc(C2CCNCC2)cc(=O)[nH]1. The second kappa shape index (κ2) is 5.93. The fourth-order valence-electron chi connectivity index (χ4n) is 2.17. The number of aromatic amines is 1. The average molecular weight is 237 g/mol. The van der Waals surface area contributed by atoms with Gasteiger partial charge in [0.1, 0.15) is 5.82 Å². The third kappa shape index (κ3) is 3.38. The van der Waals surface area contributed by atoms with Crippen molar-refractivity contribution in [2.75, 3.05) is 26.8 Å². The molecular formula is C12H19N3O2. The van der Waals surface area contributed by atoms with Gasteiger partial charge in [0.15, 0.2) is 0 Å². The summed E-state index contributed by atoms with van der Waals surface area (Å²) in [6.45, 7) is 2.59. The zero-order valence-corrected chi connectivity index (χ0v) is 10.2. The van der Waals surface area contributed by atoms with Crippen LogP contribution in [0.3, 0.4) is 0 Å². The van der Waals surface area contributed by atoms with Crippen LogP contribution in [-0.4, -0.2) is 36.8 Å². The lowest BCUT2D eigenvalue weighted by Gasteiger charge is -2.22. The van der Waals surface area contributed by atoms with Crippen LogP contribution in [-0.2, 0) is 11.2 Å². The molecule has 1 saturated heterocycles. The summed E-state index contributed by atoms with van der Waals surface area (Å²) in [7, 11) is 1.65. The fourth-order valence-corrected chi connectivity index (χ4v) is 2.17. The van der Waals surface area contributed by atoms with Crippen molar-refractivity contribution < 1.29 is 4.74 Å². The number of piperidine rings is 1. The predicted octanol–water partition coefficient (Wildman–Crippen LogP) is 0.426. The lowest BCUT2D eigenvalue weighted by molar-refractivity contribution is 0.200. The molecule has 1 aliphatic heterocycles. The summed E-state index contributed by atoms with van der Waals surface area (Å²) in [5.74, 6) is 1.15. The number of ether oxygens (including phenoxy) is 1. The van der Waals surface area contributed by atoms with E-state index in [1.54, 1.807) is 13.2 Å². The van der Waals surface area contributed by atoms with Gasteiger partial charge in [-0.25, -0.2) is 4.98 Å². The summed E-state index contributed by atoms with van der Waals surface area (Å²) < 4.78 is 5.00. The Hall–Kier alpha value is -1.20. The van der Waals surface area contributed by atoms with E-state index in [9.17, 15) is 4.79 Å². The molecule has 0 bridgehead atoms. The molecule has 0 radical (unpaired) electrons. The molecule has 2 N–H and O–H groups in total. The Balaban J connectivity index is 2.15. The summed E-state index contributed by atoms with van der Waals surface area (Å²) in [5.41, 5.74) is 0.876. The van der Waals surface area contributed by atoms with Crippen molar-refractivity contribution in [3.8, 4) is 0 Å². The summed E-state index contributed by atoms with van der Waals surface area (Å²) in [6, 6.07) is 1.63. The van der Waals surface area contributed by atoms with E-state index in [-0.39, 0.29) is 5.56 Å². The minimum Gasteiger partial charge on any atom is -0.384 e. The van der Waals surface area contributed by atoms with Crippen molar-refractivity contribution in [1.29, 1.82) is 0 Å². The number of methoxy groups -OCH3 is 1. The van der Waals surface area contributed by atoms with Crippen LogP contribution in [0.2, 0.25) is 0 Å². The molecule has 1 aliphatic rings. The molecule has 1 fully saturated rings. The molecular weight excluding hydrogens is 218 g/mol. The number of hydrogen-bond donors (Lipinski definition) is 2. The Morgan fingerprint density at radius 2 is 2.24 bits per heavy atom. The first-order valence-electron chi connectivity index (χ1n) is 6.09. The topological polar surface area (TPSA) is 67.0 Å². The lowest BCUT2D eigenvalue weighted by atomic mass is 9.94. The Kier molecular flexibility index (Phi) is 4.28. The molecule has 0 unspecified atom stereocenters. The zero-order chi connectivity index (χ0) is 12.1. The van der Waals surface area contributed by atoms with Gasteiger partial charge < -0.3 is 15.0 Å². The van der Waals surface area contributed by atoms with E-state index in [4.69, 9.17) is 4.74 Å². The number of rotatable bonds is 4. The van der Waals surface area contributed by atoms with E-state index in [2.05, 4.69) is 15.3 Å². The molecule has 2 heterocycles. The predicted molar refractivity (Wildman–Crippen MR) is 65.3 cm³/mol.